The molecule has 12 heteroatoms. The Kier molecular flexibility index (Phi) is 49.4. The number of ether oxygens (including phenoxy) is 6. The molecule has 12 aliphatic carbocycles. The second kappa shape index (κ2) is 51.6. The molecular formula is C111H210O12. The zero-order chi connectivity index (χ0) is 95.0. The molecule has 12 fully saturated rings. The molecule has 6 bridgehead atoms. The Morgan fingerprint density at radius 3 is 1.06 bits per heavy atom. The largest absolute Gasteiger partial charge is 0.459 e. The van der Waals surface area contributed by atoms with E-state index in [4.69, 9.17) is 28.4 Å². The van der Waals surface area contributed by atoms with Crippen molar-refractivity contribution in [1.29, 1.82) is 0 Å². The van der Waals surface area contributed by atoms with Gasteiger partial charge in [-0.05, 0) is 369 Å². The van der Waals surface area contributed by atoms with Gasteiger partial charge in [-0.1, -0.05) is 229 Å². The fourth-order valence-corrected chi connectivity index (χ4v) is 22.5. The van der Waals surface area contributed by atoms with E-state index in [1.807, 2.05) is 180 Å². The van der Waals surface area contributed by atoms with Crippen molar-refractivity contribution >= 4 is 35.8 Å². The first-order valence-corrected chi connectivity index (χ1v) is 52.8. The molecule has 726 valence electrons. The maximum absolute atomic E-state index is 12.8. The van der Waals surface area contributed by atoms with Crippen molar-refractivity contribution in [2.75, 3.05) is 0 Å². The van der Waals surface area contributed by atoms with Crippen molar-refractivity contribution in [3.63, 3.8) is 0 Å². The summed E-state index contributed by atoms with van der Waals surface area (Å²) in [5, 5.41) is 0. The Labute approximate surface area is 764 Å². The molecule has 0 N–H and O–H groups in total. The molecule has 14 atom stereocenters. The van der Waals surface area contributed by atoms with Crippen LogP contribution < -0.4 is 0 Å². The molecule has 0 aromatic rings. The van der Waals surface area contributed by atoms with E-state index in [0.29, 0.717) is 29.6 Å². The molecule has 0 aromatic heterocycles. The highest BCUT2D eigenvalue weighted by atomic mass is 16.6. The lowest BCUT2D eigenvalue weighted by Crippen LogP contribution is -2.49. The quantitative estimate of drug-likeness (QED) is 0.0646. The molecule has 0 aromatic carbocycles. The third kappa shape index (κ3) is 30.7. The monoisotopic (exact) mass is 1740 g/mol. The number of esters is 6. The van der Waals surface area contributed by atoms with Gasteiger partial charge in [-0.2, -0.15) is 0 Å². The highest BCUT2D eigenvalue weighted by molar-refractivity contribution is 5.79. The van der Waals surface area contributed by atoms with E-state index >= 15 is 0 Å². The van der Waals surface area contributed by atoms with Crippen LogP contribution in [0.3, 0.4) is 0 Å². The van der Waals surface area contributed by atoms with E-state index in [1.165, 1.54) is 180 Å². The summed E-state index contributed by atoms with van der Waals surface area (Å²) >= 11 is 0. The molecular weight excluding hydrogens is 1530 g/mol. The lowest BCUT2D eigenvalue weighted by atomic mass is 9.65. The Hall–Kier alpha value is -3.18. The molecule has 0 amide bonds. The van der Waals surface area contributed by atoms with Crippen molar-refractivity contribution in [1.82, 2.24) is 0 Å². The van der Waals surface area contributed by atoms with Gasteiger partial charge >= 0.3 is 35.8 Å². The van der Waals surface area contributed by atoms with E-state index in [9.17, 15) is 28.8 Å². The summed E-state index contributed by atoms with van der Waals surface area (Å²) in [6.07, 6.45) is 48.9. The predicted octanol–water partition coefficient (Wildman–Crippen LogP) is 33.1. The zero-order valence-corrected chi connectivity index (χ0v) is 89.2. The van der Waals surface area contributed by atoms with Gasteiger partial charge in [0.1, 0.15) is 33.6 Å². The number of hydrogen-bond donors (Lipinski definition) is 0. The van der Waals surface area contributed by atoms with E-state index < -0.39 is 0 Å². The van der Waals surface area contributed by atoms with Gasteiger partial charge in [0, 0.05) is 11.3 Å². The van der Waals surface area contributed by atoms with Crippen molar-refractivity contribution in [3.8, 4) is 0 Å². The van der Waals surface area contributed by atoms with Gasteiger partial charge in [0.05, 0.1) is 32.5 Å². The van der Waals surface area contributed by atoms with Crippen LogP contribution in [0.5, 0.6) is 0 Å². The van der Waals surface area contributed by atoms with E-state index in [1.54, 1.807) is 0 Å². The summed E-state index contributed by atoms with van der Waals surface area (Å²) in [6, 6.07) is 0. The first-order valence-electron chi connectivity index (χ1n) is 52.8. The molecule has 0 radical (unpaired) electrons. The van der Waals surface area contributed by atoms with Crippen molar-refractivity contribution in [3.05, 3.63) is 0 Å². The van der Waals surface area contributed by atoms with Gasteiger partial charge in [-0.25, -0.2) is 0 Å². The molecule has 0 saturated heterocycles. The summed E-state index contributed by atoms with van der Waals surface area (Å²) < 4.78 is 36.0. The lowest BCUT2D eigenvalue weighted by Gasteiger charge is -2.47. The smallest absolute Gasteiger partial charge is 0.312 e. The highest BCUT2D eigenvalue weighted by Crippen LogP contribution is 2.71. The first-order chi connectivity index (χ1) is 57.4. The molecule has 12 aliphatic rings. The van der Waals surface area contributed by atoms with Gasteiger partial charge in [0.25, 0.3) is 0 Å². The van der Waals surface area contributed by atoms with Gasteiger partial charge in [-0.3, -0.25) is 28.8 Å². The Bertz CT molecular complexity index is 3020. The maximum Gasteiger partial charge on any atom is 0.312 e. The third-order valence-electron chi connectivity index (χ3n) is 34.5. The number of hydrogen-bond acceptors (Lipinski definition) is 12. The minimum Gasteiger partial charge on any atom is -0.459 e. The van der Waals surface area contributed by atoms with Crippen LogP contribution >= 0.6 is 0 Å². The minimum absolute atomic E-state index is 0.00763. The summed E-state index contributed by atoms with van der Waals surface area (Å²) in [7, 11) is 0. The maximum atomic E-state index is 12.8. The third-order valence-corrected chi connectivity index (χ3v) is 34.5. The number of carbonyl (C=O) groups excluding carboxylic acids is 6. The van der Waals surface area contributed by atoms with Crippen LogP contribution in [0.1, 0.15) is 533 Å². The SMILES string of the molecule is CC.CC.CC.CC.CC.CC.CCC(C)(C)C(=O)OC(C)(C1CCCCC1)C1CCCCC1.CCC(C)(C)C(=O)OC1(C)CC2CC1C1CCCC21.CCC(C)(C)C(=O)OC1(C)CC2CCC1(C)C2(C)C.CCC(C)(C)C(=O)OC1(C)CC2CCC1C2.CCC(C)(C)C(=O)OC1(C)CCC2CCCCC2C1.CCC(C)(C)C(=O)OC1(C)CCCCCC1. The Morgan fingerprint density at radius 2 is 0.667 bits per heavy atom. The molecule has 0 spiro atoms. The molecule has 12 saturated carbocycles. The topological polar surface area (TPSA) is 158 Å². The standard InChI is InChI=1S/C20H36O2.C17H28O2.2C17H30O2.C14H24O2.C14H26O2.6C2H6/c1-5-19(2,3)18(21)22-20(4,16-12-8-6-9-13-16)17-14-10-7-11-15-17;1-5-16(2,3)15(18)19-17(4)10-11-9-14(17)13-8-6-7-12(11)13;1-8-14(2,3)13(18)19-17(7)11-12-9-10-16(17,6)15(12,4)5;1-5-16(2,3)15(18)19-17(4)11-10-13-8-6-7-9-14(13)12-17;1-5-13(2,3)12(15)16-14(4)9-10-6-7-11(14)8-10;1-5-13(2,3)12(15)16-14(4)10-8-6-7-9-11-14;6*1-2/h16-17H,5-15H2,1-4H3;11-14H,5-10H2,1-4H3;12H,8-11H2,1-7H3;13-14H,5-12H2,1-4H3;10-11H,5-9H2,1-4H3;5-11H2,1-4H3;6*1-2H3. The lowest BCUT2D eigenvalue weighted by molar-refractivity contribution is -0.187. The molecule has 12 nitrogen and oxygen atoms in total. The Morgan fingerprint density at radius 1 is 0.293 bits per heavy atom. The highest BCUT2D eigenvalue weighted by Gasteiger charge is 2.69. The predicted molar refractivity (Wildman–Crippen MR) is 521 cm³/mol. The first kappa shape index (κ1) is 118. The number of carbonyl (C=O) groups is 6. The van der Waals surface area contributed by atoms with E-state index in [0.717, 1.165) is 119 Å². The van der Waals surface area contributed by atoms with Crippen LogP contribution in [0.15, 0.2) is 0 Å². The van der Waals surface area contributed by atoms with Gasteiger partial charge in [-0.15, -0.1) is 0 Å². The van der Waals surface area contributed by atoms with E-state index in [2.05, 4.69) is 90.0 Å². The van der Waals surface area contributed by atoms with Crippen LogP contribution in [-0.2, 0) is 57.2 Å². The summed E-state index contributed by atoms with van der Waals surface area (Å²) in [6.45, 7) is 80.3. The van der Waals surface area contributed by atoms with Gasteiger partial charge in [0.2, 0.25) is 0 Å². The van der Waals surface area contributed by atoms with Crippen LogP contribution in [0.4, 0.5) is 0 Å². The summed E-state index contributed by atoms with van der Waals surface area (Å²) in [4.78, 5) is 74.1. The molecule has 123 heavy (non-hydrogen) atoms. The second-order valence-electron chi connectivity index (χ2n) is 45.0. The van der Waals surface area contributed by atoms with Crippen molar-refractivity contribution in [2.24, 2.45) is 108 Å². The van der Waals surface area contributed by atoms with Crippen LogP contribution in [-0.4, -0.2) is 69.4 Å². The van der Waals surface area contributed by atoms with Crippen LogP contribution in [0, 0.1) is 108 Å². The fourth-order valence-electron chi connectivity index (χ4n) is 22.5. The van der Waals surface area contributed by atoms with Crippen LogP contribution in [0.25, 0.3) is 0 Å². The molecule has 12 rings (SSSR count). The van der Waals surface area contributed by atoms with Crippen molar-refractivity contribution in [2.45, 2.75) is 567 Å². The average molecular weight is 1740 g/mol. The normalized spacial score (nSPS) is 30.6. The fraction of sp³-hybridized carbons (Fsp3) is 0.946. The minimum atomic E-state index is -0.370. The van der Waals surface area contributed by atoms with E-state index in [-0.39, 0.29) is 113 Å². The number of fused-ring (bicyclic) bond motifs is 10. The van der Waals surface area contributed by atoms with Gasteiger partial charge in [0.15, 0.2) is 0 Å². The molecule has 14 unspecified atom stereocenters. The number of rotatable bonds is 20. The second-order valence-corrected chi connectivity index (χ2v) is 45.0. The van der Waals surface area contributed by atoms with Crippen molar-refractivity contribution < 1.29 is 57.2 Å². The molecule has 0 aliphatic heterocycles. The molecule has 0 heterocycles. The van der Waals surface area contributed by atoms with Gasteiger partial charge < -0.3 is 28.4 Å². The average Bonchev–Trinajstić information content (AvgIpc) is 1.53. The zero-order valence-electron chi connectivity index (χ0n) is 89.2. The van der Waals surface area contributed by atoms with Crippen LogP contribution in [0.2, 0.25) is 0 Å². The summed E-state index contributed by atoms with van der Waals surface area (Å²) in [5.74, 6) is 8.21. The summed E-state index contributed by atoms with van der Waals surface area (Å²) in [5.41, 5.74) is -2.94. The Balaban J connectivity index is 0.000000721.